The first-order valence-electron chi connectivity index (χ1n) is 7.73. The lowest BCUT2D eigenvalue weighted by Crippen LogP contribution is -2.30. The number of hydrogen-bond acceptors (Lipinski definition) is 4. The molecule has 0 spiro atoms. The van der Waals surface area contributed by atoms with Crippen molar-refractivity contribution in [1.82, 2.24) is 10.2 Å². The molecule has 0 aliphatic carbocycles. The van der Waals surface area contributed by atoms with Gasteiger partial charge in [-0.1, -0.05) is 37.3 Å². The molecular formula is C17H28N2O2. The third kappa shape index (κ3) is 7.83. The van der Waals surface area contributed by atoms with Gasteiger partial charge in [0.2, 0.25) is 0 Å². The van der Waals surface area contributed by atoms with Crippen LogP contribution in [0.25, 0.3) is 0 Å². The molecule has 0 aliphatic rings. The van der Waals surface area contributed by atoms with Crippen molar-refractivity contribution in [2.24, 2.45) is 5.92 Å². The summed E-state index contributed by atoms with van der Waals surface area (Å²) in [4.78, 5) is 13.8. The second-order valence-electron chi connectivity index (χ2n) is 5.43. The Bertz CT molecular complexity index is 395. The average molecular weight is 292 g/mol. The highest BCUT2D eigenvalue weighted by molar-refractivity contribution is 5.72. The zero-order chi connectivity index (χ0) is 15.5. The van der Waals surface area contributed by atoms with Crippen LogP contribution in [-0.4, -0.2) is 44.2 Å². The Morgan fingerprint density at radius 2 is 2.05 bits per heavy atom. The summed E-state index contributed by atoms with van der Waals surface area (Å²) in [5.41, 5.74) is 1.34. The van der Waals surface area contributed by atoms with Gasteiger partial charge in [0, 0.05) is 13.1 Å². The summed E-state index contributed by atoms with van der Waals surface area (Å²) in [7, 11) is 2.13. The number of rotatable bonds is 10. The molecule has 1 aromatic carbocycles. The fraction of sp³-hybridized carbons (Fsp3) is 0.588. The Kier molecular flexibility index (Phi) is 8.71. The highest BCUT2D eigenvalue weighted by atomic mass is 16.5. The van der Waals surface area contributed by atoms with Crippen LogP contribution in [-0.2, 0) is 16.1 Å². The highest BCUT2D eigenvalue weighted by Gasteiger charge is 2.12. The Balaban J connectivity index is 2.07. The molecule has 1 aromatic rings. The van der Waals surface area contributed by atoms with Gasteiger partial charge in [0.05, 0.1) is 12.5 Å². The fourth-order valence-corrected chi connectivity index (χ4v) is 2.13. The molecule has 4 heteroatoms. The molecule has 0 fully saturated rings. The molecule has 0 aliphatic heterocycles. The number of nitrogens with zero attached hydrogens (tertiary/aromatic N) is 1. The van der Waals surface area contributed by atoms with Crippen LogP contribution >= 0.6 is 0 Å². The molecule has 118 valence electrons. The SMILES string of the molecule is CCOC(=O)C(C)CNCCCN(C)Cc1ccccc1. The molecule has 0 bridgehead atoms. The highest BCUT2D eigenvalue weighted by Crippen LogP contribution is 2.02. The molecule has 1 unspecified atom stereocenters. The lowest BCUT2D eigenvalue weighted by Gasteiger charge is -2.17. The third-order valence-corrected chi connectivity index (χ3v) is 3.33. The van der Waals surface area contributed by atoms with E-state index < -0.39 is 0 Å². The van der Waals surface area contributed by atoms with Crippen molar-refractivity contribution in [3.8, 4) is 0 Å². The summed E-state index contributed by atoms with van der Waals surface area (Å²) in [6.45, 7) is 7.79. The standard InChI is InChI=1S/C17H28N2O2/c1-4-21-17(20)15(2)13-18-11-8-12-19(3)14-16-9-6-5-7-10-16/h5-7,9-10,15,18H,4,8,11-14H2,1-3H3. The predicted octanol–water partition coefficient (Wildman–Crippen LogP) is 2.30. The summed E-state index contributed by atoms with van der Waals surface area (Å²) in [6, 6.07) is 10.5. The Morgan fingerprint density at radius 3 is 2.71 bits per heavy atom. The number of ether oxygens (including phenoxy) is 1. The van der Waals surface area contributed by atoms with Gasteiger partial charge in [0.1, 0.15) is 0 Å². The molecule has 1 N–H and O–H groups in total. The van der Waals surface area contributed by atoms with Crippen molar-refractivity contribution < 1.29 is 9.53 Å². The first kappa shape index (κ1) is 17.7. The average Bonchev–Trinajstić information content (AvgIpc) is 2.48. The second-order valence-corrected chi connectivity index (χ2v) is 5.43. The van der Waals surface area contributed by atoms with E-state index in [2.05, 4.69) is 41.5 Å². The van der Waals surface area contributed by atoms with Gasteiger partial charge in [-0.25, -0.2) is 0 Å². The second kappa shape index (κ2) is 10.4. The van der Waals surface area contributed by atoms with Gasteiger partial charge in [0.25, 0.3) is 0 Å². The number of hydrogen-bond donors (Lipinski definition) is 1. The summed E-state index contributed by atoms with van der Waals surface area (Å²) in [5, 5.41) is 3.32. The molecule has 0 aromatic heterocycles. The third-order valence-electron chi connectivity index (χ3n) is 3.33. The molecule has 0 radical (unpaired) electrons. The summed E-state index contributed by atoms with van der Waals surface area (Å²) < 4.78 is 4.98. The van der Waals surface area contributed by atoms with Crippen LogP contribution in [0.1, 0.15) is 25.8 Å². The Morgan fingerprint density at radius 1 is 1.33 bits per heavy atom. The van der Waals surface area contributed by atoms with Crippen molar-refractivity contribution in [3.05, 3.63) is 35.9 Å². The number of benzene rings is 1. The van der Waals surface area contributed by atoms with Gasteiger partial charge in [-0.15, -0.1) is 0 Å². The van der Waals surface area contributed by atoms with Crippen LogP contribution in [0.2, 0.25) is 0 Å². The van der Waals surface area contributed by atoms with Crippen LogP contribution in [0.4, 0.5) is 0 Å². The van der Waals surface area contributed by atoms with E-state index in [1.807, 2.05) is 19.9 Å². The van der Waals surface area contributed by atoms with Crippen LogP contribution in [0.15, 0.2) is 30.3 Å². The van der Waals surface area contributed by atoms with Crippen LogP contribution < -0.4 is 5.32 Å². The van der Waals surface area contributed by atoms with E-state index in [1.54, 1.807) is 0 Å². The monoisotopic (exact) mass is 292 g/mol. The molecule has 1 atom stereocenters. The summed E-state index contributed by atoms with van der Waals surface area (Å²) >= 11 is 0. The van der Waals surface area contributed by atoms with E-state index in [1.165, 1.54) is 5.56 Å². The lowest BCUT2D eigenvalue weighted by molar-refractivity contribution is -0.147. The molecule has 0 saturated carbocycles. The van der Waals surface area contributed by atoms with Gasteiger partial charge >= 0.3 is 5.97 Å². The van der Waals surface area contributed by atoms with Crippen molar-refractivity contribution in [2.75, 3.05) is 33.3 Å². The molecular weight excluding hydrogens is 264 g/mol. The van der Waals surface area contributed by atoms with E-state index in [0.29, 0.717) is 13.2 Å². The predicted molar refractivity (Wildman–Crippen MR) is 86.1 cm³/mol. The van der Waals surface area contributed by atoms with Gasteiger partial charge in [0.15, 0.2) is 0 Å². The molecule has 1 rings (SSSR count). The zero-order valence-corrected chi connectivity index (χ0v) is 13.5. The smallest absolute Gasteiger partial charge is 0.309 e. The van der Waals surface area contributed by atoms with Crippen molar-refractivity contribution in [3.63, 3.8) is 0 Å². The van der Waals surface area contributed by atoms with E-state index in [4.69, 9.17) is 4.74 Å². The van der Waals surface area contributed by atoms with Gasteiger partial charge in [-0.05, 0) is 39.0 Å². The van der Waals surface area contributed by atoms with Crippen LogP contribution in [0.5, 0.6) is 0 Å². The van der Waals surface area contributed by atoms with Gasteiger partial charge in [-0.2, -0.15) is 0 Å². The number of carbonyl (C=O) groups excluding carboxylic acids is 1. The van der Waals surface area contributed by atoms with Gasteiger partial charge < -0.3 is 15.0 Å². The minimum atomic E-state index is -0.119. The molecule has 4 nitrogen and oxygen atoms in total. The van der Waals surface area contributed by atoms with Crippen LogP contribution in [0.3, 0.4) is 0 Å². The zero-order valence-electron chi connectivity index (χ0n) is 13.5. The number of esters is 1. The van der Waals surface area contributed by atoms with Crippen LogP contribution in [0, 0.1) is 5.92 Å². The number of carbonyl (C=O) groups is 1. The van der Waals surface area contributed by atoms with Crippen molar-refractivity contribution in [2.45, 2.75) is 26.8 Å². The summed E-state index contributed by atoms with van der Waals surface area (Å²) in [5.74, 6) is -0.196. The van der Waals surface area contributed by atoms with E-state index >= 15 is 0 Å². The maximum atomic E-state index is 11.4. The largest absolute Gasteiger partial charge is 0.466 e. The summed E-state index contributed by atoms with van der Waals surface area (Å²) in [6.07, 6.45) is 1.07. The lowest BCUT2D eigenvalue weighted by atomic mass is 10.2. The van der Waals surface area contributed by atoms with Crippen molar-refractivity contribution in [1.29, 1.82) is 0 Å². The first-order valence-corrected chi connectivity index (χ1v) is 7.73. The quantitative estimate of drug-likeness (QED) is 0.531. The molecule has 0 amide bonds. The fourth-order valence-electron chi connectivity index (χ4n) is 2.13. The molecule has 21 heavy (non-hydrogen) atoms. The topological polar surface area (TPSA) is 41.6 Å². The van der Waals surface area contributed by atoms with Crippen molar-refractivity contribution >= 4 is 5.97 Å². The minimum absolute atomic E-state index is 0.0769. The first-order chi connectivity index (χ1) is 10.1. The normalized spacial score (nSPS) is 12.4. The Hall–Kier alpha value is -1.39. The maximum absolute atomic E-state index is 11.4. The molecule has 0 saturated heterocycles. The van der Waals surface area contributed by atoms with E-state index in [0.717, 1.165) is 26.1 Å². The minimum Gasteiger partial charge on any atom is -0.466 e. The van der Waals surface area contributed by atoms with E-state index in [9.17, 15) is 4.79 Å². The van der Waals surface area contributed by atoms with E-state index in [-0.39, 0.29) is 11.9 Å². The Labute approximate surface area is 128 Å². The van der Waals surface area contributed by atoms with Gasteiger partial charge in [-0.3, -0.25) is 4.79 Å². The molecule has 0 heterocycles. The maximum Gasteiger partial charge on any atom is 0.309 e. The number of nitrogens with one attached hydrogen (secondary N) is 1.